The van der Waals surface area contributed by atoms with Gasteiger partial charge in [0.05, 0.1) is 30.8 Å². The number of ether oxygens (including phenoxy) is 2. The average molecular weight is 551 g/mol. The number of rotatable bonds is 7. The maximum absolute atomic E-state index is 14.6. The second-order valence-electron chi connectivity index (χ2n) is 11.9. The van der Waals surface area contributed by atoms with E-state index >= 15 is 0 Å². The summed E-state index contributed by atoms with van der Waals surface area (Å²) in [5, 5.41) is 10.6. The molecule has 1 aromatic rings. The lowest BCUT2D eigenvalue weighted by atomic mass is 9.74. The molecule has 4 heterocycles. The molecule has 0 aromatic heterocycles. The summed E-state index contributed by atoms with van der Waals surface area (Å²) in [6.45, 7) is 6.28. The molecular formula is C32H42N2O6. The first-order valence-electron chi connectivity index (χ1n) is 14.8. The maximum atomic E-state index is 14.6. The predicted octanol–water partition coefficient (Wildman–Crippen LogP) is 3.43. The Hall–Kier alpha value is -2.97. The molecule has 0 bridgehead atoms. The molecule has 1 spiro atoms. The molecule has 1 N–H and O–H groups in total. The lowest BCUT2D eigenvalue weighted by Crippen LogP contribution is -2.60. The van der Waals surface area contributed by atoms with Crippen LogP contribution in [0.5, 0.6) is 0 Å². The van der Waals surface area contributed by atoms with Crippen LogP contribution in [-0.2, 0) is 30.3 Å². The van der Waals surface area contributed by atoms with E-state index in [0.717, 1.165) is 37.7 Å². The molecule has 2 fully saturated rings. The summed E-state index contributed by atoms with van der Waals surface area (Å²) in [4.78, 5) is 46.2. The Morgan fingerprint density at radius 3 is 2.55 bits per heavy atom. The molecule has 4 aliphatic rings. The van der Waals surface area contributed by atoms with Gasteiger partial charge in [-0.1, -0.05) is 68.0 Å². The van der Waals surface area contributed by atoms with Gasteiger partial charge in [-0.2, -0.15) is 0 Å². The summed E-state index contributed by atoms with van der Waals surface area (Å²) in [6.07, 6.45) is 12.2. The van der Waals surface area contributed by atoms with Crippen molar-refractivity contribution >= 4 is 17.8 Å². The van der Waals surface area contributed by atoms with Crippen LogP contribution in [0.2, 0.25) is 0 Å². The Labute approximate surface area is 237 Å². The Balaban J connectivity index is 1.64. The van der Waals surface area contributed by atoms with Gasteiger partial charge in [-0.15, -0.1) is 0 Å². The molecule has 7 atom stereocenters. The van der Waals surface area contributed by atoms with Crippen LogP contribution in [0.3, 0.4) is 0 Å². The summed E-state index contributed by atoms with van der Waals surface area (Å²) >= 11 is 0. The fourth-order valence-corrected chi connectivity index (χ4v) is 7.25. The van der Waals surface area contributed by atoms with E-state index in [2.05, 4.69) is 6.92 Å². The van der Waals surface area contributed by atoms with Crippen molar-refractivity contribution in [3.63, 3.8) is 0 Å². The molecule has 4 aliphatic heterocycles. The van der Waals surface area contributed by atoms with E-state index in [1.807, 2.05) is 73.4 Å². The van der Waals surface area contributed by atoms with Gasteiger partial charge in [-0.05, 0) is 51.5 Å². The van der Waals surface area contributed by atoms with E-state index in [9.17, 15) is 19.5 Å². The van der Waals surface area contributed by atoms with E-state index in [1.165, 1.54) is 4.90 Å². The van der Waals surface area contributed by atoms with E-state index in [-0.39, 0.29) is 31.1 Å². The minimum absolute atomic E-state index is 0.0439. The minimum Gasteiger partial charge on any atom is -0.465 e. The molecule has 0 aliphatic carbocycles. The predicted molar refractivity (Wildman–Crippen MR) is 150 cm³/mol. The fraction of sp³-hybridized carbons (Fsp3) is 0.594. The number of carbonyl (C=O) groups is 3. The quantitative estimate of drug-likeness (QED) is 0.413. The van der Waals surface area contributed by atoms with Gasteiger partial charge in [0, 0.05) is 12.6 Å². The van der Waals surface area contributed by atoms with Crippen LogP contribution in [0.1, 0.15) is 58.4 Å². The van der Waals surface area contributed by atoms with Crippen molar-refractivity contribution in [1.82, 2.24) is 9.80 Å². The zero-order valence-electron chi connectivity index (χ0n) is 23.8. The second kappa shape index (κ2) is 11.5. The van der Waals surface area contributed by atoms with Crippen LogP contribution in [0.4, 0.5) is 0 Å². The van der Waals surface area contributed by atoms with Gasteiger partial charge in [0.15, 0.2) is 0 Å². The van der Waals surface area contributed by atoms with Crippen molar-refractivity contribution in [2.75, 3.05) is 19.8 Å². The van der Waals surface area contributed by atoms with Gasteiger partial charge in [0.2, 0.25) is 11.8 Å². The molecule has 2 amide bonds. The summed E-state index contributed by atoms with van der Waals surface area (Å²) < 4.78 is 12.6. The van der Waals surface area contributed by atoms with Gasteiger partial charge >= 0.3 is 5.97 Å². The van der Waals surface area contributed by atoms with Crippen LogP contribution in [0, 0.1) is 11.8 Å². The van der Waals surface area contributed by atoms with Gasteiger partial charge in [0.25, 0.3) is 0 Å². The molecule has 1 aromatic carbocycles. The third-order valence-electron chi connectivity index (χ3n) is 9.13. The monoisotopic (exact) mass is 550 g/mol. The number of amides is 2. The van der Waals surface area contributed by atoms with Crippen LogP contribution in [0.15, 0.2) is 54.6 Å². The number of aliphatic hydroxyl groups excluding tert-OH is 1. The van der Waals surface area contributed by atoms with Gasteiger partial charge in [-0.25, -0.2) is 0 Å². The van der Waals surface area contributed by atoms with Crippen molar-refractivity contribution in [1.29, 1.82) is 0 Å². The van der Waals surface area contributed by atoms with Crippen molar-refractivity contribution in [2.24, 2.45) is 11.8 Å². The number of benzene rings is 1. The lowest BCUT2D eigenvalue weighted by Gasteiger charge is -2.41. The van der Waals surface area contributed by atoms with E-state index in [1.54, 1.807) is 0 Å². The highest BCUT2D eigenvalue weighted by Gasteiger charge is 2.75. The first-order chi connectivity index (χ1) is 19.3. The fourth-order valence-electron chi connectivity index (χ4n) is 7.25. The Kier molecular flexibility index (Phi) is 8.20. The van der Waals surface area contributed by atoms with E-state index < -0.39 is 41.1 Å². The number of esters is 1. The van der Waals surface area contributed by atoms with Crippen molar-refractivity contribution in [3.8, 4) is 0 Å². The number of fused-ring (bicyclic) bond motifs is 2. The number of hydrogen-bond acceptors (Lipinski definition) is 6. The van der Waals surface area contributed by atoms with E-state index in [4.69, 9.17) is 9.47 Å². The molecule has 8 heteroatoms. The summed E-state index contributed by atoms with van der Waals surface area (Å²) in [5.74, 6) is -2.91. The zero-order valence-corrected chi connectivity index (χ0v) is 23.8. The highest BCUT2D eigenvalue weighted by atomic mass is 16.6. The largest absolute Gasteiger partial charge is 0.465 e. The Bertz CT molecular complexity index is 1170. The molecule has 0 saturated carbocycles. The second-order valence-corrected chi connectivity index (χ2v) is 11.9. The van der Waals surface area contributed by atoms with Crippen LogP contribution in [-0.4, -0.2) is 81.8 Å². The van der Waals surface area contributed by atoms with Crippen LogP contribution >= 0.6 is 0 Å². The number of cyclic esters (lactones) is 1. The van der Waals surface area contributed by atoms with Gasteiger partial charge in [0.1, 0.15) is 17.6 Å². The van der Waals surface area contributed by atoms with Crippen molar-refractivity contribution < 1.29 is 29.0 Å². The Morgan fingerprint density at radius 2 is 1.82 bits per heavy atom. The molecule has 2 saturated heterocycles. The third-order valence-corrected chi connectivity index (χ3v) is 9.13. The van der Waals surface area contributed by atoms with Gasteiger partial charge in [-0.3, -0.25) is 14.4 Å². The molecule has 8 nitrogen and oxygen atoms in total. The first kappa shape index (κ1) is 28.6. The molecular weight excluding hydrogens is 508 g/mol. The summed E-state index contributed by atoms with van der Waals surface area (Å²) in [6, 6.07) is 7.91. The Morgan fingerprint density at radius 1 is 1.05 bits per heavy atom. The number of nitrogens with zero attached hydrogens (tertiary/aromatic N) is 2. The number of hydrogen-bond donors (Lipinski definition) is 1. The topological polar surface area (TPSA) is 96.4 Å². The number of allylic oxidation sites excluding steroid dienone is 1. The highest BCUT2D eigenvalue weighted by molar-refractivity contribution is 5.99. The normalized spacial score (nSPS) is 34.4. The molecule has 216 valence electrons. The van der Waals surface area contributed by atoms with E-state index in [0.29, 0.717) is 13.0 Å². The molecule has 0 radical (unpaired) electrons. The highest BCUT2D eigenvalue weighted by Crippen LogP contribution is 2.57. The molecule has 2 unspecified atom stereocenters. The molecule has 5 rings (SSSR count). The summed E-state index contributed by atoms with van der Waals surface area (Å²) in [5.41, 5.74) is -1.54. The number of carbonyl (C=O) groups excluding carboxylic acids is 3. The SMILES string of the molecule is CCCC(C)N1CC=C[C@]23O[C@]4(C)/C=C\CCCCOC(=O)[C@@H]4[C@H]2C(=O)N([C@@H](CO)Cc2ccccc2)C3C1=O. The molecule has 40 heavy (non-hydrogen) atoms. The zero-order chi connectivity index (χ0) is 28.5. The number of likely N-dealkylation sites (tertiary alicyclic amines) is 1. The minimum atomic E-state index is -1.37. The summed E-state index contributed by atoms with van der Waals surface area (Å²) in [7, 11) is 0. The van der Waals surface area contributed by atoms with Crippen molar-refractivity contribution in [3.05, 3.63) is 60.2 Å². The maximum Gasteiger partial charge on any atom is 0.313 e. The van der Waals surface area contributed by atoms with Crippen molar-refractivity contribution in [2.45, 2.75) is 88.6 Å². The smallest absolute Gasteiger partial charge is 0.313 e. The average Bonchev–Trinajstić information content (AvgIpc) is 3.27. The number of aliphatic hydroxyl groups is 1. The first-order valence-corrected chi connectivity index (χ1v) is 14.8. The van der Waals surface area contributed by atoms with Crippen LogP contribution in [0.25, 0.3) is 0 Å². The standard InChI is InChI=1S/C32H42N2O6/c1-4-13-22(2)33-18-12-17-32-25(26-30(38)39-19-11-6-5-10-16-31(26,3)40-32)28(36)34(27(32)29(33)37)24(21-35)20-23-14-8-7-9-15-23/h7-10,12,14-17,22,24-27,35H,4-6,11,13,18-21H2,1-3H3/b16-10-/t22?,24-,25+,26+,27?,31-,32+/m1/s1. The van der Waals surface area contributed by atoms with Gasteiger partial charge < -0.3 is 24.4 Å². The lowest BCUT2D eigenvalue weighted by molar-refractivity contribution is -0.162. The third kappa shape index (κ3) is 4.79. The van der Waals surface area contributed by atoms with Crippen LogP contribution < -0.4 is 0 Å².